The SMILES string of the molecule is CC(=O)[O-].CC1(C)CC(O)CC[N+]1(C)C. The largest absolute Gasteiger partial charge is 0.550 e. The van der Waals surface area contributed by atoms with Crippen LogP contribution in [0.15, 0.2) is 0 Å². The summed E-state index contributed by atoms with van der Waals surface area (Å²) in [4.78, 5) is 8.89. The molecule has 1 saturated heterocycles. The van der Waals surface area contributed by atoms with Gasteiger partial charge < -0.3 is 19.5 Å². The van der Waals surface area contributed by atoms with E-state index in [0.29, 0.717) is 0 Å². The molecule has 1 N–H and O–H groups in total. The lowest BCUT2D eigenvalue weighted by Gasteiger charge is -2.49. The topological polar surface area (TPSA) is 60.4 Å². The normalized spacial score (nSPS) is 27.5. The van der Waals surface area contributed by atoms with E-state index in [2.05, 4.69) is 27.9 Å². The minimum Gasteiger partial charge on any atom is -0.550 e. The Balaban J connectivity index is 0.000000423. The number of carbonyl (C=O) groups excluding carboxylic acids is 1. The van der Waals surface area contributed by atoms with E-state index < -0.39 is 5.97 Å². The number of rotatable bonds is 0. The molecule has 0 aromatic carbocycles. The highest BCUT2D eigenvalue weighted by Crippen LogP contribution is 2.31. The molecule has 0 aromatic rings. The zero-order valence-electron chi connectivity index (χ0n) is 10.4. The maximum Gasteiger partial charge on any atom is 0.0956 e. The molecule has 1 aliphatic heterocycles. The molecule has 1 rings (SSSR count). The van der Waals surface area contributed by atoms with E-state index in [1.54, 1.807) is 0 Å². The van der Waals surface area contributed by atoms with Crippen LogP contribution in [0.1, 0.15) is 33.6 Å². The lowest BCUT2D eigenvalue weighted by molar-refractivity contribution is -0.944. The van der Waals surface area contributed by atoms with Crippen molar-refractivity contribution in [1.82, 2.24) is 0 Å². The summed E-state index contributed by atoms with van der Waals surface area (Å²) in [6.45, 7) is 6.53. The van der Waals surface area contributed by atoms with Gasteiger partial charge in [-0.25, -0.2) is 0 Å². The number of aliphatic carboxylic acids is 1. The standard InChI is InChI=1S/C9H20NO.C2H4O2/c1-9(2)7-8(11)5-6-10(9,3)4;1-2(3)4/h8,11H,5-7H2,1-4H3;1H3,(H,3,4)/q+1;/p-1. The fourth-order valence-corrected chi connectivity index (χ4v) is 1.70. The maximum absolute atomic E-state index is 9.47. The van der Waals surface area contributed by atoms with Gasteiger partial charge in [-0.3, -0.25) is 0 Å². The summed E-state index contributed by atoms with van der Waals surface area (Å²) in [5.74, 6) is -1.08. The average molecular weight is 217 g/mol. The number of likely N-dealkylation sites (tertiary alicyclic amines) is 1. The van der Waals surface area contributed by atoms with Gasteiger partial charge in [-0.1, -0.05) is 0 Å². The highest BCUT2D eigenvalue weighted by Gasteiger charge is 2.42. The van der Waals surface area contributed by atoms with Crippen molar-refractivity contribution in [3.05, 3.63) is 0 Å². The molecular formula is C11H23NO3. The van der Waals surface area contributed by atoms with Crippen LogP contribution in [0.2, 0.25) is 0 Å². The van der Waals surface area contributed by atoms with Gasteiger partial charge in [-0.15, -0.1) is 0 Å². The van der Waals surface area contributed by atoms with E-state index in [4.69, 9.17) is 9.90 Å². The third-order valence-electron chi connectivity index (χ3n) is 3.40. The summed E-state index contributed by atoms with van der Waals surface area (Å²) in [5, 5.41) is 18.4. The Morgan fingerprint density at radius 1 is 1.47 bits per heavy atom. The van der Waals surface area contributed by atoms with E-state index in [9.17, 15) is 5.11 Å². The molecule has 15 heavy (non-hydrogen) atoms. The van der Waals surface area contributed by atoms with Crippen LogP contribution in [-0.2, 0) is 4.79 Å². The van der Waals surface area contributed by atoms with E-state index >= 15 is 0 Å². The summed E-state index contributed by atoms with van der Waals surface area (Å²) < 4.78 is 1.03. The molecule has 1 heterocycles. The quantitative estimate of drug-likeness (QED) is 0.569. The Labute approximate surface area is 92.1 Å². The van der Waals surface area contributed by atoms with Gasteiger partial charge in [-0.05, 0) is 20.8 Å². The Morgan fingerprint density at radius 2 is 1.87 bits per heavy atom. The number of aliphatic hydroxyl groups is 1. The molecule has 90 valence electrons. The van der Waals surface area contributed by atoms with Crippen LogP contribution >= 0.6 is 0 Å². The summed E-state index contributed by atoms with van der Waals surface area (Å²) >= 11 is 0. The van der Waals surface area contributed by atoms with Gasteiger partial charge in [0.1, 0.15) is 0 Å². The molecule has 1 aliphatic rings. The predicted octanol–water partition coefficient (Wildman–Crippen LogP) is -0.248. The molecule has 0 saturated carbocycles. The number of carboxylic acid groups (broad SMARTS) is 1. The first-order valence-corrected chi connectivity index (χ1v) is 5.27. The fraction of sp³-hybridized carbons (Fsp3) is 0.909. The summed E-state index contributed by atoms with van der Waals surface area (Å²) in [5.41, 5.74) is 0.234. The van der Waals surface area contributed by atoms with Crippen molar-refractivity contribution < 1.29 is 19.5 Å². The lowest BCUT2D eigenvalue weighted by Crippen LogP contribution is -2.61. The first-order valence-electron chi connectivity index (χ1n) is 5.27. The molecular weight excluding hydrogens is 194 g/mol. The van der Waals surface area contributed by atoms with Crippen molar-refractivity contribution in [3.8, 4) is 0 Å². The van der Waals surface area contributed by atoms with Crippen LogP contribution < -0.4 is 5.11 Å². The van der Waals surface area contributed by atoms with Crippen molar-refractivity contribution in [2.45, 2.75) is 45.3 Å². The Kier molecular flexibility index (Phi) is 4.74. The number of hydrogen-bond acceptors (Lipinski definition) is 3. The van der Waals surface area contributed by atoms with E-state index in [0.717, 1.165) is 30.8 Å². The number of aliphatic hydroxyl groups excluding tert-OH is 1. The van der Waals surface area contributed by atoms with Crippen molar-refractivity contribution in [2.24, 2.45) is 0 Å². The van der Waals surface area contributed by atoms with Gasteiger partial charge in [0.2, 0.25) is 0 Å². The number of carboxylic acids is 1. The van der Waals surface area contributed by atoms with Gasteiger partial charge in [0.05, 0.1) is 32.3 Å². The van der Waals surface area contributed by atoms with Gasteiger partial charge in [0.15, 0.2) is 0 Å². The minimum absolute atomic E-state index is 0.0730. The Hall–Kier alpha value is -0.610. The van der Waals surface area contributed by atoms with Gasteiger partial charge in [0, 0.05) is 18.8 Å². The number of hydrogen-bond donors (Lipinski definition) is 1. The van der Waals surface area contributed by atoms with Crippen LogP contribution in [0, 0.1) is 0 Å². The van der Waals surface area contributed by atoms with Crippen molar-refractivity contribution in [1.29, 1.82) is 0 Å². The number of quaternary nitrogens is 1. The van der Waals surface area contributed by atoms with Crippen LogP contribution in [-0.4, -0.2) is 47.8 Å². The molecule has 0 bridgehead atoms. The van der Waals surface area contributed by atoms with Gasteiger partial charge >= 0.3 is 0 Å². The molecule has 0 aromatic heterocycles. The van der Waals surface area contributed by atoms with Crippen molar-refractivity contribution >= 4 is 5.97 Å². The molecule has 0 amide bonds. The molecule has 0 aliphatic carbocycles. The third kappa shape index (κ3) is 4.62. The third-order valence-corrected chi connectivity index (χ3v) is 3.40. The fourth-order valence-electron chi connectivity index (χ4n) is 1.70. The van der Waals surface area contributed by atoms with E-state index in [1.165, 1.54) is 0 Å². The smallest absolute Gasteiger partial charge is 0.0956 e. The zero-order valence-corrected chi connectivity index (χ0v) is 10.4. The first kappa shape index (κ1) is 14.4. The maximum atomic E-state index is 9.47. The van der Waals surface area contributed by atoms with Crippen LogP contribution in [0.5, 0.6) is 0 Å². The van der Waals surface area contributed by atoms with Crippen molar-refractivity contribution in [3.63, 3.8) is 0 Å². The molecule has 4 nitrogen and oxygen atoms in total. The Morgan fingerprint density at radius 3 is 2.13 bits per heavy atom. The highest BCUT2D eigenvalue weighted by atomic mass is 16.4. The van der Waals surface area contributed by atoms with Crippen LogP contribution in [0.3, 0.4) is 0 Å². The van der Waals surface area contributed by atoms with Crippen LogP contribution in [0.4, 0.5) is 0 Å². The monoisotopic (exact) mass is 217 g/mol. The molecule has 4 heteroatoms. The first-order chi connectivity index (χ1) is 6.58. The second kappa shape index (κ2) is 4.94. The highest BCUT2D eigenvalue weighted by molar-refractivity contribution is 5.60. The summed E-state index contributed by atoms with van der Waals surface area (Å²) in [6.07, 6.45) is 1.81. The molecule has 0 radical (unpaired) electrons. The zero-order chi connectivity index (χ0) is 12.3. The minimum atomic E-state index is -1.08. The summed E-state index contributed by atoms with van der Waals surface area (Å²) in [7, 11) is 4.48. The van der Waals surface area contributed by atoms with E-state index in [1.807, 2.05) is 0 Å². The molecule has 1 atom stereocenters. The number of nitrogens with zero attached hydrogens (tertiary/aromatic N) is 1. The molecule has 1 unspecified atom stereocenters. The lowest BCUT2D eigenvalue weighted by atomic mass is 9.87. The van der Waals surface area contributed by atoms with Gasteiger partial charge in [-0.2, -0.15) is 0 Å². The molecule has 0 spiro atoms. The second-order valence-electron chi connectivity index (χ2n) is 5.36. The predicted molar refractivity (Wildman–Crippen MR) is 57.0 cm³/mol. The van der Waals surface area contributed by atoms with Crippen LogP contribution in [0.25, 0.3) is 0 Å². The number of piperidine rings is 1. The van der Waals surface area contributed by atoms with Crippen molar-refractivity contribution in [2.75, 3.05) is 20.6 Å². The van der Waals surface area contributed by atoms with E-state index in [-0.39, 0.29) is 11.6 Å². The molecule has 1 fully saturated rings. The summed E-state index contributed by atoms with van der Waals surface area (Å²) in [6, 6.07) is 0. The Bertz CT molecular complexity index is 220. The number of carbonyl (C=O) groups is 1. The second-order valence-corrected chi connectivity index (χ2v) is 5.36. The van der Waals surface area contributed by atoms with Gasteiger partial charge in [0.25, 0.3) is 0 Å². The average Bonchev–Trinajstić information content (AvgIpc) is 1.96.